The zero-order valence-corrected chi connectivity index (χ0v) is 13.7. The van der Waals surface area contributed by atoms with Gasteiger partial charge in [0.1, 0.15) is 5.82 Å². The van der Waals surface area contributed by atoms with E-state index < -0.39 is 0 Å². The first kappa shape index (κ1) is 16.5. The van der Waals surface area contributed by atoms with Crippen molar-refractivity contribution in [3.63, 3.8) is 0 Å². The van der Waals surface area contributed by atoms with E-state index in [1.165, 1.54) is 36.9 Å². The quantitative estimate of drug-likeness (QED) is 0.743. The fourth-order valence-electron chi connectivity index (χ4n) is 2.49. The van der Waals surface area contributed by atoms with Crippen LogP contribution >= 0.6 is 11.3 Å². The van der Waals surface area contributed by atoms with Crippen molar-refractivity contribution < 1.29 is 19.0 Å². The van der Waals surface area contributed by atoms with E-state index >= 15 is 0 Å². The summed E-state index contributed by atoms with van der Waals surface area (Å²) in [5.41, 5.74) is 1.49. The summed E-state index contributed by atoms with van der Waals surface area (Å²) in [4.78, 5) is 17.0. The van der Waals surface area contributed by atoms with Gasteiger partial charge < -0.3 is 15.2 Å². The Hall–Kier alpha value is -2.35. The van der Waals surface area contributed by atoms with Crippen molar-refractivity contribution in [2.75, 3.05) is 12.4 Å². The van der Waals surface area contributed by atoms with Crippen molar-refractivity contribution in [1.29, 1.82) is 0 Å². The van der Waals surface area contributed by atoms with Gasteiger partial charge in [-0.2, -0.15) is 0 Å². The number of fused-ring (bicyclic) bond motifs is 1. The maximum absolute atomic E-state index is 14.2. The van der Waals surface area contributed by atoms with Crippen LogP contribution in [-0.4, -0.2) is 23.1 Å². The number of thiophene rings is 1. The van der Waals surface area contributed by atoms with E-state index in [1.54, 1.807) is 18.2 Å². The summed E-state index contributed by atoms with van der Waals surface area (Å²) in [6.45, 7) is -0.0896. The Labute approximate surface area is 141 Å². The molecule has 0 aliphatic rings. The lowest BCUT2D eigenvalue weighted by Gasteiger charge is -2.09. The average Bonchev–Trinajstić information content (AvgIpc) is 2.96. The Balaban J connectivity index is 2.03. The number of ether oxygens (including phenoxy) is 1. The minimum absolute atomic E-state index is 0.129. The largest absolute Gasteiger partial charge is 0.392 e. The van der Waals surface area contributed by atoms with Crippen molar-refractivity contribution in [2.24, 2.45) is 0 Å². The molecule has 0 radical (unpaired) electrons. The maximum atomic E-state index is 14.2. The third kappa shape index (κ3) is 3.01. The van der Waals surface area contributed by atoms with E-state index in [-0.39, 0.29) is 24.9 Å². The highest BCUT2D eigenvalue weighted by molar-refractivity contribution is 7.21. The smallest absolute Gasteiger partial charge is 0.266 e. The molecule has 3 rings (SSSR count). The van der Waals surface area contributed by atoms with Gasteiger partial charge in [0.05, 0.1) is 30.0 Å². The van der Waals surface area contributed by atoms with Gasteiger partial charge in [-0.1, -0.05) is 6.07 Å². The number of aliphatic hydroxyl groups excluding tert-OH is 1. The zero-order valence-electron chi connectivity index (χ0n) is 12.9. The summed E-state index contributed by atoms with van der Waals surface area (Å²) in [6, 6.07) is 6.36. The molecule has 0 saturated carbocycles. The number of aliphatic hydroxyl groups is 1. The van der Waals surface area contributed by atoms with Crippen LogP contribution in [-0.2, 0) is 18.0 Å². The Morgan fingerprint density at radius 3 is 3.00 bits per heavy atom. The first-order valence-corrected chi connectivity index (χ1v) is 8.01. The molecule has 0 aliphatic heterocycles. The van der Waals surface area contributed by atoms with Gasteiger partial charge in [0.15, 0.2) is 0 Å². The molecule has 7 heteroatoms. The van der Waals surface area contributed by atoms with Crippen LogP contribution < -0.4 is 5.32 Å². The number of pyridine rings is 1. The van der Waals surface area contributed by atoms with E-state index in [1.807, 2.05) is 0 Å². The lowest BCUT2D eigenvalue weighted by atomic mass is 10.1. The molecule has 1 amide bonds. The number of carbonyl (C=O) groups excluding carboxylic acids is 1. The number of rotatable bonds is 5. The third-order valence-corrected chi connectivity index (χ3v) is 4.78. The van der Waals surface area contributed by atoms with E-state index in [0.29, 0.717) is 31.8 Å². The first-order valence-electron chi connectivity index (χ1n) is 7.19. The highest BCUT2D eigenvalue weighted by Gasteiger charge is 2.21. The van der Waals surface area contributed by atoms with Crippen molar-refractivity contribution in [3.05, 3.63) is 58.5 Å². The fraction of sp³-hybridized carbons (Fsp3) is 0.176. The summed E-state index contributed by atoms with van der Waals surface area (Å²) >= 11 is 1.20. The molecule has 2 N–H and O–H groups in total. The number of halogens is 1. The van der Waals surface area contributed by atoms with E-state index in [2.05, 4.69) is 10.3 Å². The summed E-state index contributed by atoms with van der Waals surface area (Å²) < 4.78 is 20.0. The molecule has 0 fully saturated rings. The van der Waals surface area contributed by atoms with Gasteiger partial charge in [-0.05, 0) is 18.2 Å². The topological polar surface area (TPSA) is 71.5 Å². The molecular weight excluding hydrogens is 331 g/mol. The molecule has 5 nitrogen and oxygen atoms in total. The van der Waals surface area contributed by atoms with Crippen molar-refractivity contribution in [2.45, 2.75) is 13.2 Å². The summed E-state index contributed by atoms with van der Waals surface area (Å²) in [5.74, 6) is -0.766. The molecule has 2 aromatic heterocycles. The Morgan fingerprint density at radius 2 is 2.25 bits per heavy atom. The fourth-order valence-corrected chi connectivity index (χ4v) is 3.60. The van der Waals surface area contributed by atoms with E-state index in [9.17, 15) is 14.3 Å². The number of nitrogens with one attached hydrogen (secondary N) is 1. The van der Waals surface area contributed by atoms with Crippen LogP contribution in [0.5, 0.6) is 0 Å². The summed E-state index contributed by atoms with van der Waals surface area (Å²) in [7, 11) is 1.50. The Morgan fingerprint density at radius 1 is 1.42 bits per heavy atom. The monoisotopic (exact) mass is 346 g/mol. The third-order valence-electron chi connectivity index (χ3n) is 3.59. The molecule has 3 aromatic rings. The molecule has 0 spiro atoms. The molecule has 0 unspecified atom stereocenters. The molecule has 0 atom stereocenters. The predicted octanol–water partition coefficient (Wildman–Crippen LogP) is 3.33. The maximum Gasteiger partial charge on any atom is 0.266 e. The first-order chi connectivity index (χ1) is 11.7. The van der Waals surface area contributed by atoms with Crippen LogP contribution in [0.1, 0.15) is 20.8 Å². The van der Waals surface area contributed by atoms with Gasteiger partial charge in [0, 0.05) is 34.5 Å². The van der Waals surface area contributed by atoms with Crippen molar-refractivity contribution >= 4 is 33.0 Å². The second kappa shape index (κ2) is 7.04. The summed E-state index contributed by atoms with van der Waals surface area (Å²) in [6.07, 6.45) is 3.00. The molecular formula is C17H15FN2O3S. The minimum atomic E-state index is -0.384. The molecule has 0 aliphatic carbocycles. The number of hydrogen-bond acceptors (Lipinski definition) is 5. The lowest BCUT2D eigenvalue weighted by molar-refractivity contribution is 0.102. The van der Waals surface area contributed by atoms with Gasteiger partial charge in [0.25, 0.3) is 5.91 Å². The average molecular weight is 346 g/mol. The molecule has 0 bridgehead atoms. The summed E-state index contributed by atoms with van der Waals surface area (Å²) in [5, 5.41) is 12.5. The molecule has 0 saturated heterocycles. The van der Waals surface area contributed by atoms with Crippen LogP contribution in [0.3, 0.4) is 0 Å². The van der Waals surface area contributed by atoms with E-state index in [0.717, 1.165) is 0 Å². The second-order valence-electron chi connectivity index (χ2n) is 5.10. The van der Waals surface area contributed by atoms with Crippen LogP contribution in [0.15, 0.2) is 36.7 Å². The van der Waals surface area contributed by atoms with Crippen LogP contribution in [0.2, 0.25) is 0 Å². The number of aromatic nitrogens is 1. The highest BCUT2D eigenvalue weighted by atomic mass is 32.1. The van der Waals surface area contributed by atoms with Gasteiger partial charge >= 0.3 is 0 Å². The number of anilines is 1. The van der Waals surface area contributed by atoms with Gasteiger partial charge in [-0.25, -0.2) is 4.39 Å². The minimum Gasteiger partial charge on any atom is -0.392 e. The van der Waals surface area contributed by atoms with Crippen LogP contribution in [0, 0.1) is 5.82 Å². The highest BCUT2D eigenvalue weighted by Crippen LogP contribution is 2.34. The standard InChI is InChI=1S/C17H15FN2O3S/c1-23-9-11-15-12(18)3-2-4-14(15)24-16(11)17(22)20-13-7-19-6-5-10(13)8-21/h2-7,21H,8-9H2,1H3,(H,20,22). The van der Waals surface area contributed by atoms with Gasteiger partial charge in [-0.3, -0.25) is 9.78 Å². The lowest BCUT2D eigenvalue weighted by Crippen LogP contribution is -2.14. The number of hydrogen-bond donors (Lipinski definition) is 2. The van der Waals surface area contributed by atoms with Crippen LogP contribution in [0.25, 0.3) is 10.1 Å². The Bertz CT molecular complexity index is 895. The number of benzene rings is 1. The van der Waals surface area contributed by atoms with Crippen LogP contribution in [0.4, 0.5) is 10.1 Å². The number of methoxy groups -OCH3 is 1. The number of carbonyl (C=O) groups is 1. The van der Waals surface area contributed by atoms with Crippen molar-refractivity contribution in [1.82, 2.24) is 4.98 Å². The normalized spacial score (nSPS) is 11.0. The van der Waals surface area contributed by atoms with Crippen molar-refractivity contribution in [3.8, 4) is 0 Å². The number of nitrogens with zero attached hydrogens (tertiary/aromatic N) is 1. The Kier molecular flexibility index (Phi) is 4.84. The molecule has 24 heavy (non-hydrogen) atoms. The predicted molar refractivity (Wildman–Crippen MR) is 90.6 cm³/mol. The second-order valence-corrected chi connectivity index (χ2v) is 6.15. The molecule has 2 heterocycles. The van der Waals surface area contributed by atoms with E-state index in [4.69, 9.17) is 4.74 Å². The van der Waals surface area contributed by atoms with Gasteiger partial charge in [-0.15, -0.1) is 11.3 Å². The molecule has 1 aromatic carbocycles. The number of amides is 1. The zero-order chi connectivity index (χ0) is 17.1. The molecule has 124 valence electrons. The van der Waals surface area contributed by atoms with Gasteiger partial charge in [0.2, 0.25) is 0 Å². The SMILES string of the molecule is COCc1c(C(=O)Nc2cnccc2CO)sc2cccc(F)c12.